The topological polar surface area (TPSA) is 85.8 Å². The summed E-state index contributed by atoms with van der Waals surface area (Å²) in [6.07, 6.45) is 3.73. The van der Waals surface area contributed by atoms with Gasteiger partial charge in [-0.2, -0.15) is 5.10 Å². The number of nitrogens with one attached hydrogen (secondary N) is 1. The third kappa shape index (κ3) is 2.90. The molecule has 0 aliphatic heterocycles. The summed E-state index contributed by atoms with van der Waals surface area (Å²) in [6.45, 7) is 0.207. The molecule has 1 saturated carbocycles. The van der Waals surface area contributed by atoms with E-state index in [1.807, 2.05) is 12.1 Å². The highest BCUT2D eigenvalue weighted by molar-refractivity contribution is 5.76. The number of carbonyl (C=O) groups is 1. The molecule has 1 amide bonds. The molecule has 1 fully saturated rings. The molecule has 0 atom stereocenters. The van der Waals surface area contributed by atoms with Crippen LogP contribution in [-0.4, -0.2) is 26.7 Å². The van der Waals surface area contributed by atoms with Crippen molar-refractivity contribution in [2.45, 2.75) is 25.4 Å². The average Bonchev–Trinajstić information content (AvgIpc) is 3.07. The fourth-order valence-electron chi connectivity index (χ4n) is 1.78. The summed E-state index contributed by atoms with van der Waals surface area (Å²) in [5.41, 5.74) is 7.21. The van der Waals surface area contributed by atoms with Crippen molar-refractivity contribution in [1.82, 2.24) is 20.1 Å². The molecule has 6 nitrogen and oxygen atoms in total. The first kappa shape index (κ1) is 11.7. The number of anilines is 1. The Morgan fingerprint density at radius 2 is 2.11 bits per heavy atom. The van der Waals surface area contributed by atoms with Crippen molar-refractivity contribution in [2.75, 3.05) is 5.73 Å². The average molecular weight is 257 g/mol. The zero-order chi connectivity index (χ0) is 13.2. The van der Waals surface area contributed by atoms with Crippen molar-refractivity contribution < 1.29 is 4.79 Å². The molecule has 3 N–H and O–H groups in total. The molecular formula is C13H15N5O. The largest absolute Gasteiger partial charge is 0.399 e. The van der Waals surface area contributed by atoms with Gasteiger partial charge in [0.2, 0.25) is 5.91 Å². The maximum atomic E-state index is 11.6. The van der Waals surface area contributed by atoms with Crippen LogP contribution in [-0.2, 0) is 11.3 Å². The van der Waals surface area contributed by atoms with E-state index in [0.717, 1.165) is 18.4 Å². The minimum Gasteiger partial charge on any atom is -0.399 e. The number of amides is 1. The van der Waals surface area contributed by atoms with Gasteiger partial charge in [-0.3, -0.25) is 4.79 Å². The van der Waals surface area contributed by atoms with E-state index in [0.29, 0.717) is 17.6 Å². The number of hydrogen-bond acceptors (Lipinski definition) is 4. The molecule has 0 radical (unpaired) electrons. The Balaban J connectivity index is 1.68. The summed E-state index contributed by atoms with van der Waals surface area (Å²) in [7, 11) is 0. The Kier molecular flexibility index (Phi) is 2.91. The Hall–Kier alpha value is -2.37. The number of rotatable bonds is 4. The van der Waals surface area contributed by atoms with Gasteiger partial charge < -0.3 is 11.1 Å². The molecule has 2 aromatic rings. The lowest BCUT2D eigenvalue weighted by atomic mass is 10.2. The predicted molar refractivity (Wildman–Crippen MR) is 71.0 cm³/mol. The molecule has 6 heteroatoms. The lowest BCUT2D eigenvalue weighted by molar-refractivity contribution is -0.122. The summed E-state index contributed by atoms with van der Waals surface area (Å²) >= 11 is 0. The Labute approximate surface area is 110 Å². The lowest BCUT2D eigenvalue weighted by Gasteiger charge is -2.02. The van der Waals surface area contributed by atoms with Gasteiger partial charge in [-0.1, -0.05) is 0 Å². The zero-order valence-corrected chi connectivity index (χ0v) is 10.4. The summed E-state index contributed by atoms with van der Waals surface area (Å²) in [6, 6.07) is 7.69. The van der Waals surface area contributed by atoms with E-state index in [1.165, 1.54) is 0 Å². The Morgan fingerprint density at radius 3 is 2.79 bits per heavy atom. The maximum absolute atomic E-state index is 11.6. The van der Waals surface area contributed by atoms with Crippen LogP contribution in [0.25, 0.3) is 11.4 Å². The third-order valence-corrected chi connectivity index (χ3v) is 2.95. The van der Waals surface area contributed by atoms with Crippen LogP contribution in [0, 0.1) is 0 Å². The Bertz CT molecular complexity index is 585. The van der Waals surface area contributed by atoms with Crippen LogP contribution in [0.2, 0.25) is 0 Å². The van der Waals surface area contributed by atoms with Crippen LogP contribution < -0.4 is 11.1 Å². The molecule has 1 aliphatic carbocycles. The highest BCUT2D eigenvalue weighted by Crippen LogP contribution is 2.18. The molecule has 1 heterocycles. The van der Waals surface area contributed by atoms with Gasteiger partial charge >= 0.3 is 0 Å². The number of hydrogen-bond donors (Lipinski definition) is 2. The van der Waals surface area contributed by atoms with Gasteiger partial charge in [-0.05, 0) is 37.1 Å². The number of aromatic nitrogens is 3. The van der Waals surface area contributed by atoms with Crippen LogP contribution in [0.3, 0.4) is 0 Å². The molecule has 3 rings (SSSR count). The van der Waals surface area contributed by atoms with Gasteiger partial charge in [-0.25, -0.2) is 9.67 Å². The normalized spacial score (nSPS) is 14.3. The van der Waals surface area contributed by atoms with Crippen molar-refractivity contribution in [2.24, 2.45) is 0 Å². The SMILES string of the molecule is Nc1ccc(-c2ncn(CC(=O)NC3CC3)n2)cc1. The quantitative estimate of drug-likeness (QED) is 0.793. The van der Waals surface area contributed by atoms with Gasteiger partial charge in [0.25, 0.3) is 0 Å². The minimum atomic E-state index is -0.0174. The molecule has 19 heavy (non-hydrogen) atoms. The maximum Gasteiger partial charge on any atom is 0.242 e. The second-order valence-electron chi connectivity index (χ2n) is 4.73. The monoisotopic (exact) mass is 257 g/mol. The number of benzene rings is 1. The van der Waals surface area contributed by atoms with Crippen LogP contribution in [0.5, 0.6) is 0 Å². The smallest absolute Gasteiger partial charge is 0.242 e. The molecule has 98 valence electrons. The van der Waals surface area contributed by atoms with E-state index in [4.69, 9.17) is 5.73 Å². The fourth-order valence-corrected chi connectivity index (χ4v) is 1.78. The van der Waals surface area contributed by atoms with Crippen molar-refractivity contribution in [3.8, 4) is 11.4 Å². The molecular weight excluding hydrogens is 242 g/mol. The molecule has 1 aromatic heterocycles. The second kappa shape index (κ2) is 4.72. The van der Waals surface area contributed by atoms with Gasteiger partial charge in [0.05, 0.1) is 0 Å². The summed E-state index contributed by atoms with van der Waals surface area (Å²) in [5, 5.41) is 7.20. The molecule has 0 bridgehead atoms. The molecule has 0 unspecified atom stereocenters. The lowest BCUT2D eigenvalue weighted by Crippen LogP contribution is -2.29. The van der Waals surface area contributed by atoms with Crippen LogP contribution in [0.15, 0.2) is 30.6 Å². The van der Waals surface area contributed by atoms with Crippen LogP contribution >= 0.6 is 0 Å². The highest BCUT2D eigenvalue weighted by Gasteiger charge is 2.23. The fraction of sp³-hybridized carbons (Fsp3) is 0.308. The van der Waals surface area contributed by atoms with Crippen molar-refractivity contribution >= 4 is 11.6 Å². The number of nitrogens with two attached hydrogens (primary N) is 1. The van der Waals surface area contributed by atoms with Crippen LogP contribution in [0.4, 0.5) is 5.69 Å². The molecule has 1 aliphatic rings. The molecule has 1 aromatic carbocycles. The van der Waals surface area contributed by atoms with E-state index in [9.17, 15) is 4.79 Å². The van der Waals surface area contributed by atoms with E-state index < -0.39 is 0 Å². The zero-order valence-electron chi connectivity index (χ0n) is 10.4. The van der Waals surface area contributed by atoms with Crippen molar-refractivity contribution in [3.63, 3.8) is 0 Å². The van der Waals surface area contributed by atoms with Gasteiger partial charge in [0, 0.05) is 17.3 Å². The Morgan fingerprint density at radius 1 is 1.37 bits per heavy atom. The highest BCUT2D eigenvalue weighted by atomic mass is 16.2. The molecule has 0 spiro atoms. The number of nitrogen functional groups attached to an aromatic ring is 1. The van der Waals surface area contributed by atoms with Gasteiger partial charge in [0.15, 0.2) is 5.82 Å². The van der Waals surface area contributed by atoms with Crippen molar-refractivity contribution in [3.05, 3.63) is 30.6 Å². The molecule has 0 saturated heterocycles. The van der Waals surface area contributed by atoms with E-state index >= 15 is 0 Å². The van der Waals surface area contributed by atoms with E-state index in [2.05, 4.69) is 15.4 Å². The summed E-state index contributed by atoms with van der Waals surface area (Å²) in [4.78, 5) is 15.8. The van der Waals surface area contributed by atoms with Crippen LogP contribution in [0.1, 0.15) is 12.8 Å². The van der Waals surface area contributed by atoms with Gasteiger partial charge in [-0.15, -0.1) is 0 Å². The van der Waals surface area contributed by atoms with E-state index in [1.54, 1.807) is 23.1 Å². The first-order valence-electron chi connectivity index (χ1n) is 6.25. The minimum absolute atomic E-state index is 0.0174. The standard InChI is InChI=1S/C13H15N5O/c14-10-3-1-9(2-4-10)13-15-8-18(17-13)7-12(19)16-11-5-6-11/h1-4,8,11H,5-7,14H2,(H,16,19). The second-order valence-corrected chi connectivity index (χ2v) is 4.73. The first-order valence-corrected chi connectivity index (χ1v) is 6.25. The third-order valence-electron chi connectivity index (χ3n) is 2.95. The van der Waals surface area contributed by atoms with E-state index in [-0.39, 0.29) is 12.5 Å². The summed E-state index contributed by atoms with van der Waals surface area (Å²) in [5.74, 6) is 0.579. The summed E-state index contributed by atoms with van der Waals surface area (Å²) < 4.78 is 1.55. The number of nitrogens with zero attached hydrogens (tertiary/aromatic N) is 3. The predicted octanol–water partition coefficient (Wildman–Crippen LogP) is 0.806. The first-order chi connectivity index (χ1) is 9.20. The van der Waals surface area contributed by atoms with Gasteiger partial charge in [0.1, 0.15) is 12.9 Å². The number of carbonyl (C=O) groups excluding carboxylic acids is 1. The van der Waals surface area contributed by atoms with Crippen molar-refractivity contribution in [1.29, 1.82) is 0 Å².